The van der Waals surface area contributed by atoms with Crippen LogP contribution < -0.4 is 10.6 Å². The third-order valence-electron chi connectivity index (χ3n) is 3.17. The Morgan fingerprint density at radius 3 is 3.00 bits per heavy atom. The lowest BCUT2D eigenvalue weighted by Crippen LogP contribution is -2.34. The van der Waals surface area contributed by atoms with Crippen molar-refractivity contribution >= 4 is 27.3 Å². The van der Waals surface area contributed by atoms with E-state index in [1.165, 1.54) is 28.5 Å². The van der Waals surface area contributed by atoms with Gasteiger partial charge in [-0.1, -0.05) is 18.2 Å². The van der Waals surface area contributed by atoms with Crippen LogP contribution in [0.2, 0.25) is 0 Å². The summed E-state index contributed by atoms with van der Waals surface area (Å²) >= 11 is 1.73. The highest BCUT2D eigenvalue weighted by atomic mass is 32.1. The number of amides is 1. The van der Waals surface area contributed by atoms with Crippen LogP contribution in [0.5, 0.6) is 0 Å². The largest absolute Gasteiger partial charge is 0.351 e. The van der Waals surface area contributed by atoms with E-state index in [-0.39, 0.29) is 5.91 Å². The van der Waals surface area contributed by atoms with Crippen molar-refractivity contribution in [2.45, 2.75) is 25.4 Å². The second-order valence-corrected chi connectivity index (χ2v) is 5.60. The Hall–Kier alpha value is -1.39. The Bertz CT molecular complexity index is 560. The first-order valence-corrected chi connectivity index (χ1v) is 7.16. The fourth-order valence-electron chi connectivity index (χ4n) is 1.95. The summed E-state index contributed by atoms with van der Waals surface area (Å²) in [7, 11) is 0. The molecule has 3 nitrogen and oxygen atoms in total. The molecule has 1 heterocycles. The van der Waals surface area contributed by atoms with Gasteiger partial charge < -0.3 is 10.6 Å². The molecular formula is C14H16N2OS. The van der Waals surface area contributed by atoms with E-state index in [0.717, 1.165) is 0 Å². The van der Waals surface area contributed by atoms with Gasteiger partial charge in [-0.05, 0) is 35.2 Å². The molecule has 1 aromatic carbocycles. The number of carbonyl (C=O) groups excluding carboxylic acids is 1. The highest BCUT2D eigenvalue weighted by Gasteiger charge is 2.20. The fraction of sp³-hybridized carbons (Fsp3) is 0.357. The second kappa shape index (κ2) is 5.08. The minimum atomic E-state index is 0.0807. The van der Waals surface area contributed by atoms with Gasteiger partial charge in [0.15, 0.2) is 0 Å². The number of thiophene rings is 1. The molecule has 0 aliphatic heterocycles. The number of benzene rings is 1. The van der Waals surface area contributed by atoms with Crippen LogP contribution in [0.4, 0.5) is 0 Å². The highest BCUT2D eigenvalue weighted by Crippen LogP contribution is 2.25. The summed E-state index contributed by atoms with van der Waals surface area (Å²) in [5, 5.41) is 9.55. The predicted molar refractivity (Wildman–Crippen MR) is 74.7 cm³/mol. The van der Waals surface area contributed by atoms with Gasteiger partial charge >= 0.3 is 0 Å². The van der Waals surface area contributed by atoms with Crippen LogP contribution in [0.15, 0.2) is 29.6 Å². The number of rotatable bonds is 5. The molecule has 0 unspecified atom stereocenters. The maximum absolute atomic E-state index is 11.6. The lowest BCUT2D eigenvalue weighted by atomic mass is 10.2. The van der Waals surface area contributed by atoms with Crippen LogP contribution in [0.25, 0.3) is 10.1 Å². The minimum Gasteiger partial charge on any atom is -0.351 e. The maximum Gasteiger partial charge on any atom is 0.234 e. The molecule has 18 heavy (non-hydrogen) atoms. The second-order valence-electron chi connectivity index (χ2n) is 4.69. The number of hydrogen-bond donors (Lipinski definition) is 2. The molecule has 4 heteroatoms. The Morgan fingerprint density at radius 2 is 2.17 bits per heavy atom. The standard InChI is InChI=1S/C14H16N2OS/c17-14(8-15-11-5-6-11)16-7-10-9-18-13-4-2-1-3-12(10)13/h1-4,9,11,15H,5-8H2,(H,16,17). The van der Waals surface area contributed by atoms with Gasteiger partial charge in [-0.25, -0.2) is 0 Å². The predicted octanol–water partition coefficient (Wildman–Crippen LogP) is 2.27. The number of fused-ring (bicyclic) bond motifs is 1. The van der Waals surface area contributed by atoms with Crippen LogP contribution in [0, 0.1) is 0 Å². The van der Waals surface area contributed by atoms with Crippen molar-refractivity contribution in [1.29, 1.82) is 0 Å². The summed E-state index contributed by atoms with van der Waals surface area (Å²) in [4.78, 5) is 11.6. The quantitative estimate of drug-likeness (QED) is 0.866. The normalized spacial score (nSPS) is 14.9. The first-order chi connectivity index (χ1) is 8.83. The van der Waals surface area contributed by atoms with Crippen LogP contribution in [0.1, 0.15) is 18.4 Å². The average Bonchev–Trinajstić information content (AvgIpc) is 3.14. The van der Waals surface area contributed by atoms with E-state index >= 15 is 0 Å². The molecule has 1 amide bonds. The molecule has 2 aromatic rings. The highest BCUT2D eigenvalue weighted by molar-refractivity contribution is 7.17. The minimum absolute atomic E-state index is 0.0807. The van der Waals surface area contributed by atoms with Gasteiger partial charge in [0, 0.05) is 17.3 Å². The number of nitrogens with one attached hydrogen (secondary N) is 2. The Morgan fingerprint density at radius 1 is 1.33 bits per heavy atom. The van der Waals surface area contributed by atoms with Gasteiger partial charge in [0.25, 0.3) is 0 Å². The molecule has 1 aliphatic rings. The zero-order valence-corrected chi connectivity index (χ0v) is 10.9. The number of hydrogen-bond acceptors (Lipinski definition) is 3. The van der Waals surface area contributed by atoms with Gasteiger partial charge in [0.2, 0.25) is 5.91 Å². The third-order valence-corrected chi connectivity index (χ3v) is 4.18. The molecule has 0 saturated heterocycles. The Labute approximate surface area is 110 Å². The molecule has 1 fully saturated rings. The van der Waals surface area contributed by atoms with E-state index in [9.17, 15) is 4.79 Å². The topological polar surface area (TPSA) is 41.1 Å². The first kappa shape index (κ1) is 11.7. The van der Waals surface area contributed by atoms with Gasteiger partial charge in [0.1, 0.15) is 0 Å². The molecule has 0 spiro atoms. The van der Waals surface area contributed by atoms with Gasteiger partial charge in [-0.15, -0.1) is 11.3 Å². The Kier molecular flexibility index (Phi) is 3.30. The van der Waals surface area contributed by atoms with Crippen molar-refractivity contribution in [2.75, 3.05) is 6.54 Å². The molecule has 0 radical (unpaired) electrons. The lowest BCUT2D eigenvalue weighted by Gasteiger charge is -2.05. The smallest absolute Gasteiger partial charge is 0.234 e. The van der Waals surface area contributed by atoms with Crippen molar-refractivity contribution < 1.29 is 4.79 Å². The van der Waals surface area contributed by atoms with E-state index in [4.69, 9.17) is 0 Å². The lowest BCUT2D eigenvalue weighted by molar-refractivity contribution is -0.120. The van der Waals surface area contributed by atoms with E-state index in [1.54, 1.807) is 11.3 Å². The first-order valence-electron chi connectivity index (χ1n) is 6.28. The van der Waals surface area contributed by atoms with Gasteiger partial charge in [-0.3, -0.25) is 4.79 Å². The molecular weight excluding hydrogens is 244 g/mol. The summed E-state index contributed by atoms with van der Waals surface area (Å²) in [6.07, 6.45) is 2.42. The summed E-state index contributed by atoms with van der Waals surface area (Å²) in [6, 6.07) is 8.88. The SMILES string of the molecule is O=C(CNC1CC1)NCc1csc2ccccc12. The molecule has 1 aromatic heterocycles. The van der Waals surface area contributed by atoms with Crippen LogP contribution >= 0.6 is 11.3 Å². The van der Waals surface area contributed by atoms with E-state index < -0.39 is 0 Å². The molecule has 0 bridgehead atoms. The third kappa shape index (κ3) is 2.71. The summed E-state index contributed by atoms with van der Waals surface area (Å²) in [5.74, 6) is 0.0807. The number of carbonyl (C=O) groups is 1. The molecule has 1 saturated carbocycles. The van der Waals surface area contributed by atoms with E-state index in [0.29, 0.717) is 19.1 Å². The van der Waals surface area contributed by atoms with Crippen molar-refractivity contribution in [3.8, 4) is 0 Å². The van der Waals surface area contributed by atoms with Crippen molar-refractivity contribution in [2.24, 2.45) is 0 Å². The van der Waals surface area contributed by atoms with Crippen LogP contribution in [0.3, 0.4) is 0 Å². The average molecular weight is 260 g/mol. The van der Waals surface area contributed by atoms with Gasteiger partial charge in [-0.2, -0.15) is 0 Å². The monoisotopic (exact) mass is 260 g/mol. The molecule has 3 rings (SSSR count). The summed E-state index contributed by atoms with van der Waals surface area (Å²) in [5.41, 5.74) is 1.20. The molecule has 1 aliphatic carbocycles. The fourth-order valence-corrected chi connectivity index (χ4v) is 2.91. The van der Waals surface area contributed by atoms with E-state index in [1.807, 2.05) is 12.1 Å². The van der Waals surface area contributed by atoms with Crippen LogP contribution in [-0.2, 0) is 11.3 Å². The van der Waals surface area contributed by atoms with Gasteiger partial charge in [0.05, 0.1) is 6.54 Å². The Balaban J connectivity index is 1.57. The molecule has 2 N–H and O–H groups in total. The molecule has 0 atom stereocenters. The maximum atomic E-state index is 11.6. The van der Waals surface area contributed by atoms with Crippen molar-refractivity contribution in [3.63, 3.8) is 0 Å². The van der Waals surface area contributed by atoms with Crippen LogP contribution in [-0.4, -0.2) is 18.5 Å². The van der Waals surface area contributed by atoms with Crippen molar-refractivity contribution in [3.05, 3.63) is 35.2 Å². The zero-order chi connectivity index (χ0) is 12.4. The van der Waals surface area contributed by atoms with Crippen molar-refractivity contribution in [1.82, 2.24) is 10.6 Å². The molecule has 94 valence electrons. The van der Waals surface area contributed by atoms with E-state index in [2.05, 4.69) is 28.1 Å². The summed E-state index contributed by atoms with van der Waals surface area (Å²) in [6.45, 7) is 1.06. The zero-order valence-electron chi connectivity index (χ0n) is 10.1. The summed E-state index contributed by atoms with van der Waals surface area (Å²) < 4.78 is 1.28.